The average molecular weight is 412 g/mol. The number of methoxy groups -OCH3 is 1. The second-order valence-electron chi connectivity index (χ2n) is 6.86. The Bertz CT molecular complexity index is 849. The highest BCUT2D eigenvalue weighted by Crippen LogP contribution is 2.38. The van der Waals surface area contributed by atoms with Crippen LogP contribution in [-0.4, -0.2) is 64.6 Å². The van der Waals surface area contributed by atoms with Crippen LogP contribution in [0.15, 0.2) is 23.1 Å². The number of rotatable bonds is 7. The number of carbonyl (C=O) groups is 2. The number of morpholine rings is 1. The van der Waals surface area contributed by atoms with Crippen LogP contribution < -0.4 is 10.1 Å². The van der Waals surface area contributed by atoms with Gasteiger partial charge in [0.1, 0.15) is 10.6 Å². The summed E-state index contributed by atoms with van der Waals surface area (Å²) in [4.78, 5) is 23.7. The third-order valence-electron chi connectivity index (χ3n) is 4.79. The van der Waals surface area contributed by atoms with Crippen LogP contribution in [0.3, 0.4) is 0 Å². The Hall–Kier alpha value is -2.17. The standard InChI is InChI=1S/C18H24N2O7S/c1-12-9-14(12)18(22)27-11-17(21)19-13-3-4-15(25-2)16(10-13)28(23,24)20-5-7-26-8-6-20/h3-4,10,12,14H,5-9,11H2,1-2H3,(H,19,21)/t12-,14-/m1/s1. The maximum atomic E-state index is 12.9. The van der Waals surface area contributed by atoms with E-state index in [1.54, 1.807) is 0 Å². The van der Waals surface area contributed by atoms with Crippen LogP contribution in [0.5, 0.6) is 5.75 Å². The number of nitrogens with zero attached hydrogens (tertiary/aromatic N) is 1. The third-order valence-corrected chi connectivity index (χ3v) is 6.71. The van der Waals surface area contributed by atoms with Gasteiger partial charge in [0.25, 0.3) is 5.91 Å². The second kappa shape index (κ2) is 8.46. The molecule has 154 valence electrons. The summed E-state index contributed by atoms with van der Waals surface area (Å²) in [6, 6.07) is 4.34. The fourth-order valence-corrected chi connectivity index (χ4v) is 4.56. The van der Waals surface area contributed by atoms with Crippen LogP contribution >= 0.6 is 0 Å². The van der Waals surface area contributed by atoms with Gasteiger partial charge in [0.15, 0.2) is 6.61 Å². The van der Waals surface area contributed by atoms with Crippen LogP contribution in [0, 0.1) is 11.8 Å². The molecule has 1 heterocycles. The van der Waals surface area contributed by atoms with Gasteiger partial charge in [-0.25, -0.2) is 8.42 Å². The summed E-state index contributed by atoms with van der Waals surface area (Å²) in [5.41, 5.74) is 0.272. The molecule has 3 rings (SSSR count). The van der Waals surface area contributed by atoms with E-state index >= 15 is 0 Å². The molecule has 1 aromatic rings. The molecule has 0 radical (unpaired) electrons. The van der Waals surface area contributed by atoms with Crippen molar-refractivity contribution in [2.75, 3.05) is 45.3 Å². The molecule has 1 N–H and O–H groups in total. The molecule has 0 aromatic heterocycles. The van der Waals surface area contributed by atoms with Crippen LogP contribution in [-0.2, 0) is 29.1 Å². The predicted molar refractivity (Wildman–Crippen MR) is 99.4 cm³/mol. The molecule has 1 amide bonds. The number of nitrogens with one attached hydrogen (secondary N) is 1. The normalized spacial score (nSPS) is 22.4. The Kier molecular flexibility index (Phi) is 6.21. The summed E-state index contributed by atoms with van der Waals surface area (Å²) in [6.45, 7) is 2.67. The second-order valence-corrected chi connectivity index (χ2v) is 8.76. The lowest BCUT2D eigenvalue weighted by Crippen LogP contribution is -2.40. The van der Waals surface area contributed by atoms with Crippen molar-refractivity contribution >= 4 is 27.6 Å². The predicted octanol–water partition coefficient (Wildman–Crippen LogP) is 0.854. The lowest BCUT2D eigenvalue weighted by atomic mass is 10.3. The van der Waals surface area contributed by atoms with Gasteiger partial charge < -0.3 is 19.5 Å². The van der Waals surface area contributed by atoms with Gasteiger partial charge in [-0.3, -0.25) is 9.59 Å². The summed E-state index contributed by atoms with van der Waals surface area (Å²) in [7, 11) is -2.43. The minimum atomic E-state index is -3.81. The Labute approximate surface area is 164 Å². The van der Waals surface area contributed by atoms with Crippen molar-refractivity contribution in [2.45, 2.75) is 18.2 Å². The third kappa shape index (κ3) is 4.62. The molecule has 1 aliphatic carbocycles. The summed E-state index contributed by atoms with van der Waals surface area (Å²) in [6.07, 6.45) is 0.779. The van der Waals surface area contributed by atoms with Crippen LogP contribution in [0.4, 0.5) is 5.69 Å². The van der Waals surface area contributed by atoms with Crippen LogP contribution in [0.25, 0.3) is 0 Å². The molecule has 9 nitrogen and oxygen atoms in total. The topological polar surface area (TPSA) is 111 Å². The Morgan fingerprint density at radius 2 is 1.96 bits per heavy atom. The largest absolute Gasteiger partial charge is 0.495 e. The summed E-state index contributed by atoms with van der Waals surface area (Å²) >= 11 is 0. The van der Waals surface area contributed by atoms with Crippen molar-refractivity contribution in [3.63, 3.8) is 0 Å². The minimum absolute atomic E-state index is 0.0431. The van der Waals surface area contributed by atoms with Crippen molar-refractivity contribution in [3.05, 3.63) is 18.2 Å². The molecule has 0 bridgehead atoms. The molecule has 1 saturated carbocycles. The van der Waals surface area contributed by atoms with Gasteiger partial charge in [-0.05, 0) is 30.5 Å². The summed E-state index contributed by atoms with van der Waals surface area (Å²) < 4.78 is 42.6. The first kappa shape index (κ1) is 20.6. The van der Waals surface area contributed by atoms with Gasteiger partial charge in [-0.1, -0.05) is 6.92 Å². The highest BCUT2D eigenvalue weighted by Gasteiger charge is 2.40. The molecule has 28 heavy (non-hydrogen) atoms. The molecular weight excluding hydrogens is 388 g/mol. The number of benzene rings is 1. The molecule has 0 unspecified atom stereocenters. The van der Waals surface area contributed by atoms with E-state index in [1.165, 1.54) is 29.6 Å². The Morgan fingerprint density at radius 3 is 2.57 bits per heavy atom. The molecule has 1 aromatic carbocycles. The van der Waals surface area contributed by atoms with Crippen molar-refractivity contribution in [3.8, 4) is 5.75 Å². The summed E-state index contributed by atoms with van der Waals surface area (Å²) in [5.74, 6) is -0.572. The summed E-state index contributed by atoms with van der Waals surface area (Å²) in [5, 5.41) is 2.56. The van der Waals surface area contributed by atoms with E-state index in [9.17, 15) is 18.0 Å². The Balaban J connectivity index is 1.69. The van der Waals surface area contributed by atoms with Crippen LogP contribution in [0.1, 0.15) is 13.3 Å². The number of hydrogen-bond donors (Lipinski definition) is 1. The monoisotopic (exact) mass is 412 g/mol. The van der Waals surface area contributed by atoms with Gasteiger partial charge in [-0.15, -0.1) is 0 Å². The number of amides is 1. The SMILES string of the molecule is COc1ccc(NC(=O)COC(=O)[C@@H]2C[C@H]2C)cc1S(=O)(=O)N1CCOCC1. The van der Waals surface area contributed by atoms with E-state index in [2.05, 4.69) is 5.32 Å². The number of anilines is 1. The molecule has 2 fully saturated rings. The quantitative estimate of drug-likeness (QED) is 0.661. The maximum absolute atomic E-state index is 12.9. The first-order valence-corrected chi connectivity index (χ1v) is 10.5. The van der Waals surface area contributed by atoms with Crippen molar-refractivity contribution in [2.24, 2.45) is 11.8 Å². The maximum Gasteiger partial charge on any atom is 0.309 e. The number of esters is 1. The van der Waals surface area contributed by atoms with E-state index in [4.69, 9.17) is 14.2 Å². The zero-order chi connectivity index (χ0) is 20.3. The average Bonchev–Trinajstić information content (AvgIpc) is 3.43. The van der Waals surface area contributed by atoms with Crippen molar-refractivity contribution in [1.82, 2.24) is 4.31 Å². The molecule has 0 spiro atoms. The molecule has 10 heteroatoms. The molecular formula is C18H24N2O7S. The first-order valence-electron chi connectivity index (χ1n) is 9.05. The highest BCUT2D eigenvalue weighted by atomic mass is 32.2. The van der Waals surface area contributed by atoms with E-state index in [-0.39, 0.29) is 41.3 Å². The van der Waals surface area contributed by atoms with E-state index in [0.29, 0.717) is 19.1 Å². The van der Waals surface area contributed by atoms with Crippen molar-refractivity contribution < 1.29 is 32.2 Å². The molecule has 2 atom stereocenters. The fourth-order valence-electron chi connectivity index (χ4n) is 2.97. The zero-order valence-corrected chi connectivity index (χ0v) is 16.7. The van der Waals surface area contributed by atoms with Gasteiger partial charge in [0.2, 0.25) is 10.0 Å². The van der Waals surface area contributed by atoms with E-state index in [1.807, 2.05) is 6.92 Å². The number of carbonyl (C=O) groups excluding carboxylic acids is 2. The number of ether oxygens (including phenoxy) is 3. The van der Waals surface area contributed by atoms with Gasteiger partial charge in [0.05, 0.1) is 26.2 Å². The fraction of sp³-hybridized carbons (Fsp3) is 0.556. The van der Waals surface area contributed by atoms with Gasteiger partial charge >= 0.3 is 5.97 Å². The number of hydrogen-bond acceptors (Lipinski definition) is 7. The zero-order valence-electron chi connectivity index (χ0n) is 15.8. The van der Waals surface area contributed by atoms with E-state index < -0.39 is 22.5 Å². The number of sulfonamides is 1. The smallest absolute Gasteiger partial charge is 0.309 e. The highest BCUT2D eigenvalue weighted by molar-refractivity contribution is 7.89. The van der Waals surface area contributed by atoms with E-state index in [0.717, 1.165) is 6.42 Å². The Morgan fingerprint density at radius 1 is 1.29 bits per heavy atom. The van der Waals surface area contributed by atoms with Gasteiger partial charge in [-0.2, -0.15) is 4.31 Å². The van der Waals surface area contributed by atoms with Crippen LogP contribution in [0.2, 0.25) is 0 Å². The van der Waals surface area contributed by atoms with Crippen molar-refractivity contribution in [1.29, 1.82) is 0 Å². The lowest BCUT2D eigenvalue weighted by molar-refractivity contribution is -0.148. The minimum Gasteiger partial charge on any atom is -0.495 e. The lowest BCUT2D eigenvalue weighted by Gasteiger charge is -2.26. The van der Waals surface area contributed by atoms with Gasteiger partial charge in [0, 0.05) is 18.8 Å². The first-order chi connectivity index (χ1) is 13.3. The molecule has 1 saturated heterocycles. The molecule has 1 aliphatic heterocycles. The molecule has 2 aliphatic rings.